The van der Waals surface area contributed by atoms with Crippen LogP contribution in [0.25, 0.3) is 11.3 Å². The van der Waals surface area contributed by atoms with Crippen LogP contribution in [0.15, 0.2) is 65.8 Å². The van der Waals surface area contributed by atoms with Gasteiger partial charge in [-0.3, -0.25) is 4.68 Å². The number of ether oxygens (including phenoxy) is 2. The lowest BCUT2D eigenvalue weighted by Crippen LogP contribution is -2.23. The second-order valence-corrected chi connectivity index (χ2v) is 13.1. The Morgan fingerprint density at radius 2 is 1.91 bits per heavy atom. The molecule has 2 aromatic heterocycles. The Bertz CT molecular complexity index is 1490. The summed E-state index contributed by atoms with van der Waals surface area (Å²) in [5.41, 5.74) is 6.36. The molecule has 0 spiro atoms. The van der Waals surface area contributed by atoms with Crippen LogP contribution in [0.2, 0.25) is 0 Å². The van der Waals surface area contributed by atoms with E-state index in [1.165, 1.54) is 5.56 Å². The summed E-state index contributed by atoms with van der Waals surface area (Å²) in [5, 5.41) is 4.66. The Morgan fingerprint density at radius 1 is 1.12 bits per heavy atom. The van der Waals surface area contributed by atoms with Crippen molar-refractivity contribution >= 4 is 17.3 Å². The fraction of sp³-hybridized carbons (Fsp3) is 0.441. The van der Waals surface area contributed by atoms with E-state index >= 15 is 0 Å². The number of benzene rings is 2. The minimum absolute atomic E-state index is 0.227. The van der Waals surface area contributed by atoms with Gasteiger partial charge in [-0.25, -0.2) is 4.98 Å². The van der Waals surface area contributed by atoms with Gasteiger partial charge in [0.2, 0.25) is 5.88 Å². The molecule has 1 N–H and O–H groups in total. The number of hydrogen-bond donors (Lipinski definition) is 1. The van der Waals surface area contributed by atoms with Crippen LogP contribution in [-0.4, -0.2) is 44.6 Å². The third kappa shape index (κ3) is 7.96. The smallest absolute Gasteiger partial charge is 0.269 e. The third-order valence-electron chi connectivity index (χ3n) is 8.22. The summed E-state index contributed by atoms with van der Waals surface area (Å²) in [6, 6.07) is 16.1. The normalized spacial score (nSPS) is 19.0. The van der Waals surface area contributed by atoms with Crippen molar-refractivity contribution in [2.75, 3.05) is 25.0 Å². The zero-order valence-electron chi connectivity index (χ0n) is 25.9. The molecule has 228 valence electrons. The molecule has 4 aromatic rings. The van der Waals surface area contributed by atoms with Crippen LogP contribution in [0.3, 0.4) is 0 Å². The Labute approximate surface area is 258 Å². The van der Waals surface area contributed by atoms with E-state index in [1.54, 1.807) is 7.11 Å². The molecule has 3 heterocycles. The highest BCUT2D eigenvalue weighted by atomic mass is 32.2. The van der Waals surface area contributed by atoms with Crippen LogP contribution in [0, 0.1) is 25.7 Å². The predicted octanol–water partition coefficient (Wildman–Crippen LogP) is 6.90. The predicted molar refractivity (Wildman–Crippen MR) is 172 cm³/mol. The Kier molecular flexibility index (Phi) is 10.4. The summed E-state index contributed by atoms with van der Waals surface area (Å²) >= 11 is -1.53. The third-order valence-corrected chi connectivity index (χ3v) is 9.27. The summed E-state index contributed by atoms with van der Waals surface area (Å²) in [7, 11) is 1.71. The van der Waals surface area contributed by atoms with Crippen molar-refractivity contribution in [3.05, 3.63) is 83.2 Å². The molecule has 5 rings (SSSR count). The first-order valence-electron chi connectivity index (χ1n) is 15.2. The van der Waals surface area contributed by atoms with Crippen LogP contribution in [0.5, 0.6) is 5.88 Å². The van der Waals surface area contributed by atoms with Crippen LogP contribution in [0.4, 0.5) is 5.95 Å². The number of nitrogens with one attached hydrogen (secondary N) is 1. The Hall–Kier alpha value is -3.40. The average molecular weight is 602 g/mol. The van der Waals surface area contributed by atoms with Crippen LogP contribution >= 0.6 is 0 Å². The lowest BCUT2D eigenvalue weighted by atomic mass is 9.80. The summed E-state index contributed by atoms with van der Waals surface area (Å²) in [4.78, 5) is 10.2. The van der Waals surface area contributed by atoms with Gasteiger partial charge in [-0.05, 0) is 79.3 Å². The van der Waals surface area contributed by atoms with Gasteiger partial charge < -0.3 is 14.0 Å². The molecule has 2 aromatic carbocycles. The molecule has 2 unspecified atom stereocenters. The zero-order valence-corrected chi connectivity index (χ0v) is 26.7. The summed E-state index contributed by atoms with van der Waals surface area (Å²) in [5.74, 6) is 1.81. The van der Waals surface area contributed by atoms with Crippen LogP contribution in [0.1, 0.15) is 61.3 Å². The molecule has 1 aliphatic heterocycles. The van der Waals surface area contributed by atoms with Gasteiger partial charge in [0.25, 0.3) is 5.95 Å². The van der Waals surface area contributed by atoms with Crippen molar-refractivity contribution in [2.45, 2.75) is 70.7 Å². The van der Waals surface area contributed by atoms with E-state index in [2.05, 4.69) is 61.9 Å². The van der Waals surface area contributed by atoms with E-state index in [-0.39, 0.29) is 17.8 Å². The van der Waals surface area contributed by atoms with E-state index in [0.717, 1.165) is 53.6 Å². The van der Waals surface area contributed by atoms with Crippen molar-refractivity contribution in [1.29, 1.82) is 0 Å². The molecule has 4 bridgehead atoms. The number of methoxy groups -OCH3 is 1. The summed E-state index contributed by atoms with van der Waals surface area (Å²) < 4.78 is 30.3. The minimum Gasteiger partial charge on any atom is -0.588 e. The van der Waals surface area contributed by atoms with Gasteiger partial charge in [-0.15, -0.1) is 0 Å². The Balaban J connectivity index is 1.57. The van der Waals surface area contributed by atoms with Gasteiger partial charge in [0.05, 0.1) is 31.6 Å². The van der Waals surface area contributed by atoms with E-state index in [0.29, 0.717) is 36.5 Å². The second kappa shape index (κ2) is 14.4. The lowest BCUT2D eigenvalue weighted by molar-refractivity contribution is 0.183. The SMILES string of the molecule is COCCn1cc(C2CCc3cccc(c3)[S+]([O-])Nc3nc(cc(-c4c(C)cccc4C)n3)OC[C@H]2CCC(C)C)cn1. The molecular formula is C34H43N5O3S. The molecule has 0 aliphatic carbocycles. The maximum absolute atomic E-state index is 13.5. The number of fused-ring (bicyclic) bond motifs is 4. The van der Waals surface area contributed by atoms with Gasteiger partial charge in [0.15, 0.2) is 4.90 Å². The molecular weight excluding hydrogens is 558 g/mol. The minimum atomic E-state index is -1.53. The van der Waals surface area contributed by atoms with Gasteiger partial charge >= 0.3 is 0 Å². The van der Waals surface area contributed by atoms with Crippen LogP contribution < -0.4 is 9.46 Å². The van der Waals surface area contributed by atoms with Crippen molar-refractivity contribution < 1.29 is 14.0 Å². The molecule has 0 saturated carbocycles. The topological polar surface area (TPSA) is 97.2 Å². The molecule has 0 saturated heterocycles. The van der Waals surface area contributed by atoms with Crippen molar-refractivity contribution in [1.82, 2.24) is 19.7 Å². The molecule has 0 radical (unpaired) electrons. The Morgan fingerprint density at radius 3 is 2.67 bits per heavy atom. The molecule has 0 amide bonds. The number of aromatic nitrogens is 4. The summed E-state index contributed by atoms with van der Waals surface area (Å²) in [6.07, 6.45) is 8.07. The van der Waals surface area contributed by atoms with Gasteiger partial charge in [-0.2, -0.15) is 14.8 Å². The van der Waals surface area contributed by atoms with Crippen molar-refractivity contribution in [2.24, 2.45) is 11.8 Å². The molecule has 1 aliphatic rings. The van der Waals surface area contributed by atoms with Gasteiger partial charge in [0.1, 0.15) is 11.4 Å². The second-order valence-electron chi connectivity index (χ2n) is 11.9. The molecule has 43 heavy (non-hydrogen) atoms. The molecule has 9 heteroatoms. The first-order valence-corrected chi connectivity index (χ1v) is 16.3. The summed E-state index contributed by atoms with van der Waals surface area (Å²) in [6.45, 7) is 10.5. The standard InChI is InChI=1S/C34H43N5O3S/c1-23(2)12-14-27-22-42-32-19-31(33-24(3)8-6-9-25(33)4)36-34(37-32)38-43(40)29-11-7-10-26(18-29)13-15-30(27)28-20-35-39(21-28)16-17-41-5/h6-11,18-21,23,27,30H,12-17,22H2,1-5H3,(H,36,37,38)/t27-,30?,43?/m1/s1. The molecule has 8 nitrogen and oxygen atoms in total. The first-order chi connectivity index (χ1) is 20.8. The maximum atomic E-state index is 13.5. The van der Waals surface area contributed by atoms with E-state index in [4.69, 9.17) is 19.4 Å². The fourth-order valence-electron chi connectivity index (χ4n) is 5.86. The number of anilines is 1. The number of nitrogens with zero attached hydrogens (tertiary/aromatic N) is 4. The molecule has 3 atom stereocenters. The van der Waals surface area contributed by atoms with Crippen molar-refractivity contribution in [3.63, 3.8) is 0 Å². The number of hydrogen-bond acceptors (Lipinski definition) is 7. The highest BCUT2D eigenvalue weighted by molar-refractivity contribution is 7.92. The van der Waals surface area contributed by atoms with E-state index in [1.807, 2.05) is 41.2 Å². The quantitative estimate of drug-likeness (QED) is 0.220. The number of aryl methyl sites for hydroxylation is 3. The van der Waals surface area contributed by atoms with E-state index in [9.17, 15) is 4.55 Å². The highest BCUT2D eigenvalue weighted by Crippen LogP contribution is 2.36. The number of rotatable bonds is 8. The monoisotopic (exact) mass is 601 g/mol. The largest absolute Gasteiger partial charge is 0.588 e. The first kappa shape index (κ1) is 31.0. The lowest BCUT2D eigenvalue weighted by Gasteiger charge is -2.28. The average Bonchev–Trinajstić information content (AvgIpc) is 3.45. The fourth-order valence-corrected chi connectivity index (χ4v) is 6.70. The maximum Gasteiger partial charge on any atom is 0.269 e. The van der Waals surface area contributed by atoms with E-state index < -0.39 is 11.4 Å². The van der Waals surface area contributed by atoms with Gasteiger partial charge in [0, 0.05) is 30.9 Å². The van der Waals surface area contributed by atoms with Crippen molar-refractivity contribution in [3.8, 4) is 17.1 Å². The zero-order chi connectivity index (χ0) is 30.3. The highest BCUT2D eigenvalue weighted by Gasteiger charge is 2.27. The van der Waals surface area contributed by atoms with Crippen LogP contribution in [-0.2, 0) is 29.1 Å². The molecule has 0 fully saturated rings. The van der Waals surface area contributed by atoms with Gasteiger partial charge in [-0.1, -0.05) is 50.6 Å².